The topological polar surface area (TPSA) is 76.8 Å². The molecule has 2 unspecified atom stereocenters. The smallest absolute Gasteiger partial charge is 0.310 e. The second-order valence-corrected chi connectivity index (χ2v) is 9.71. The van der Waals surface area contributed by atoms with Crippen LogP contribution in [0.25, 0.3) is 0 Å². The molecule has 7 heteroatoms. The van der Waals surface area contributed by atoms with Gasteiger partial charge in [-0.05, 0) is 65.1 Å². The van der Waals surface area contributed by atoms with Crippen LogP contribution in [0.15, 0.2) is 24.3 Å². The minimum Gasteiger partial charge on any atom is -0.461 e. The summed E-state index contributed by atoms with van der Waals surface area (Å²) in [4.78, 5) is 16.3. The molecule has 1 saturated heterocycles. The summed E-state index contributed by atoms with van der Waals surface area (Å²) >= 11 is 0. The average Bonchev–Trinajstić information content (AvgIpc) is 3.23. The van der Waals surface area contributed by atoms with E-state index in [-0.39, 0.29) is 18.1 Å². The van der Waals surface area contributed by atoms with Gasteiger partial charge in [0.25, 0.3) is 0 Å². The monoisotopic (exact) mass is 463 g/mol. The molecule has 0 bridgehead atoms. The van der Waals surface area contributed by atoms with Gasteiger partial charge >= 0.3 is 5.97 Å². The predicted octanol–water partition coefficient (Wildman–Crippen LogP) is 2.99. The summed E-state index contributed by atoms with van der Waals surface area (Å²) in [5.41, 5.74) is 6.18. The zero-order valence-corrected chi connectivity index (χ0v) is 19.5. The van der Waals surface area contributed by atoms with Crippen LogP contribution in [0.1, 0.15) is 57.4 Å². The van der Waals surface area contributed by atoms with Crippen LogP contribution in [0.2, 0.25) is 0 Å². The van der Waals surface area contributed by atoms with E-state index >= 15 is 0 Å². The number of benzene rings is 2. The van der Waals surface area contributed by atoms with Gasteiger partial charge in [0.2, 0.25) is 0 Å². The molecule has 0 saturated carbocycles. The summed E-state index contributed by atoms with van der Waals surface area (Å²) in [6, 6.07) is 9.22. The molecule has 2 aliphatic heterocycles. The van der Waals surface area contributed by atoms with Crippen LogP contribution in [0.3, 0.4) is 0 Å². The van der Waals surface area contributed by atoms with E-state index in [2.05, 4.69) is 9.80 Å². The van der Waals surface area contributed by atoms with Gasteiger partial charge in [-0.15, -0.1) is 0 Å². The zero-order valence-electron chi connectivity index (χ0n) is 19.5. The molecule has 0 aromatic heterocycles. The van der Waals surface area contributed by atoms with Crippen LogP contribution in [-0.4, -0.2) is 60.1 Å². The van der Waals surface area contributed by atoms with E-state index in [1.54, 1.807) is 0 Å². The lowest BCUT2D eigenvalue weighted by atomic mass is 9.91. The lowest BCUT2D eigenvalue weighted by Crippen LogP contribution is -2.48. The summed E-state index contributed by atoms with van der Waals surface area (Å²) in [5, 5.41) is 20.3. The van der Waals surface area contributed by atoms with Crippen LogP contribution in [0.4, 0.5) is 4.39 Å². The number of esters is 1. The van der Waals surface area contributed by atoms with Gasteiger partial charge in [0.15, 0.2) is 0 Å². The van der Waals surface area contributed by atoms with Crippen LogP contribution in [0, 0.1) is 24.1 Å². The molecule has 2 atom stereocenters. The number of nitrogens with zero attached hydrogens (tertiary/aromatic N) is 3. The maximum absolute atomic E-state index is 13.9. The Balaban J connectivity index is 1.17. The van der Waals surface area contributed by atoms with E-state index in [1.165, 1.54) is 6.07 Å². The fourth-order valence-electron chi connectivity index (χ4n) is 5.80. The van der Waals surface area contributed by atoms with Crippen LogP contribution < -0.4 is 0 Å². The van der Waals surface area contributed by atoms with Crippen molar-refractivity contribution < 1.29 is 19.0 Å². The molecule has 1 N–H and O–H groups in total. The Morgan fingerprint density at radius 2 is 1.94 bits per heavy atom. The molecule has 178 valence electrons. The number of aliphatic hydroxyl groups is 1. The van der Waals surface area contributed by atoms with E-state index in [0.717, 1.165) is 78.9 Å². The van der Waals surface area contributed by atoms with Crippen molar-refractivity contribution in [2.45, 2.75) is 44.8 Å². The number of cyclic esters (lactones) is 1. The minimum atomic E-state index is -0.588. The third-order valence-electron chi connectivity index (χ3n) is 7.78. The minimum absolute atomic E-state index is 0.197. The third-order valence-corrected chi connectivity index (χ3v) is 7.78. The first-order valence-electron chi connectivity index (χ1n) is 12.1. The van der Waals surface area contributed by atoms with Crippen molar-refractivity contribution in [1.82, 2.24) is 9.80 Å². The van der Waals surface area contributed by atoms with Gasteiger partial charge in [0, 0.05) is 39.3 Å². The summed E-state index contributed by atoms with van der Waals surface area (Å²) in [6.45, 7) is 7.38. The van der Waals surface area contributed by atoms with Crippen LogP contribution in [-0.2, 0) is 29.0 Å². The maximum atomic E-state index is 13.9. The highest BCUT2D eigenvalue weighted by atomic mass is 19.1. The predicted molar refractivity (Wildman–Crippen MR) is 125 cm³/mol. The molecule has 3 aliphatic rings. The number of ether oxygens (including phenoxy) is 1. The van der Waals surface area contributed by atoms with Crippen molar-refractivity contribution >= 4 is 5.97 Å². The number of aliphatic hydroxyl groups excluding tert-OH is 1. The zero-order chi connectivity index (χ0) is 23.8. The van der Waals surface area contributed by atoms with E-state index < -0.39 is 11.9 Å². The number of carbonyl (C=O) groups excluding carboxylic acids is 1. The number of hydrogen-bond donors (Lipinski definition) is 1. The standard InChI is InChI=1S/C27H30FN3O3/c1-17-20(4-2-18-12-27(33)34-16-24(17)18)26(32)15-31-10-8-30(9-11-31)14-19-3-5-22-21(19)6-7-25(28)23(22)13-29/h2,4,6-7,19,26,32H,3,5,8-12,14-16H2,1H3. The van der Waals surface area contributed by atoms with E-state index in [1.807, 2.05) is 31.2 Å². The highest BCUT2D eigenvalue weighted by Crippen LogP contribution is 2.36. The molecule has 0 amide bonds. The summed E-state index contributed by atoms with van der Waals surface area (Å²) in [6.07, 6.45) is 1.44. The van der Waals surface area contributed by atoms with Gasteiger partial charge in [-0.2, -0.15) is 5.26 Å². The van der Waals surface area contributed by atoms with Crippen molar-refractivity contribution in [1.29, 1.82) is 5.26 Å². The molecule has 2 aromatic carbocycles. The summed E-state index contributed by atoms with van der Waals surface area (Å²) < 4.78 is 19.2. The van der Waals surface area contributed by atoms with Crippen molar-refractivity contribution in [2.24, 2.45) is 0 Å². The molecule has 6 nitrogen and oxygen atoms in total. The van der Waals surface area contributed by atoms with E-state index in [9.17, 15) is 19.6 Å². The normalized spacial score (nSPS) is 21.5. The number of fused-ring (bicyclic) bond motifs is 2. The van der Waals surface area contributed by atoms with Gasteiger partial charge in [0.05, 0.1) is 18.1 Å². The van der Waals surface area contributed by atoms with Crippen LogP contribution in [0.5, 0.6) is 0 Å². The second kappa shape index (κ2) is 9.46. The number of halogens is 1. The largest absolute Gasteiger partial charge is 0.461 e. The number of rotatable bonds is 5. The first-order valence-corrected chi connectivity index (χ1v) is 12.1. The average molecular weight is 464 g/mol. The number of carbonyl (C=O) groups is 1. The molecule has 1 fully saturated rings. The lowest BCUT2D eigenvalue weighted by molar-refractivity contribution is -0.145. The number of hydrogen-bond acceptors (Lipinski definition) is 6. The highest BCUT2D eigenvalue weighted by molar-refractivity contribution is 5.75. The Morgan fingerprint density at radius 3 is 2.71 bits per heavy atom. The number of β-amino-alcohol motifs (C(OH)–C–C–N with tert-alkyl or cyclic N) is 1. The second-order valence-electron chi connectivity index (χ2n) is 9.71. The molecule has 2 aromatic rings. The van der Waals surface area contributed by atoms with Crippen molar-refractivity contribution in [3.8, 4) is 6.07 Å². The van der Waals surface area contributed by atoms with Gasteiger partial charge < -0.3 is 14.7 Å². The Morgan fingerprint density at radius 1 is 1.18 bits per heavy atom. The third kappa shape index (κ3) is 4.34. The Bertz CT molecular complexity index is 1150. The molecular weight excluding hydrogens is 433 g/mol. The first-order chi connectivity index (χ1) is 16.4. The molecule has 5 rings (SSSR count). The summed E-state index contributed by atoms with van der Waals surface area (Å²) in [5.74, 6) is -0.270. The molecular formula is C27H30FN3O3. The number of piperazine rings is 1. The van der Waals surface area contributed by atoms with Gasteiger partial charge in [-0.1, -0.05) is 18.2 Å². The molecule has 0 radical (unpaired) electrons. The first kappa shape index (κ1) is 23.0. The van der Waals surface area contributed by atoms with E-state index in [4.69, 9.17) is 4.74 Å². The molecule has 0 spiro atoms. The molecule has 2 heterocycles. The molecule has 34 heavy (non-hydrogen) atoms. The number of nitriles is 1. The fourth-order valence-corrected chi connectivity index (χ4v) is 5.80. The van der Waals surface area contributed by atoms with E-state index in [0.29, 0.717) is 18.9 Å². The van der Waals surface area contributed by atoms with Gasteiger partial charge in [-0.25, -0.2) is 4.39 Å². The lowest BCUT2D eigenvalue weighted by Gasteiger charge is -2.37. The Kier molecular flexibility index (Phi) is 6.39. The Labute approximate surface area is 199 Å². The van der Waals surface area contributed by atoms with Gasteiger partial charge in [-0.3, -0.25) is 9.69 Å². The van der Waals surface area contributed by atoms with Crippen molar-refractivity contribution in [3.05, 3.63) is 69.0 Å². The van der Waals surface area contributed by atoms with Crippen molar-refractivity contribution in [2.75, 3.05) is 39.3 Å². The van der Waals surface area contributed by atoms with Crippen LogP contribution >= 0.6 is 0 Å². The fraction of sp³-hybridized carbons (Fsp3) is 0.481. The van der Waals surface area contributed by atoms with Gasteiger partial charge in [0.1, 0.15) is 18.5 Å². The Hall–Kier alpha value is -2.79. The maximum Gasteiger partial charge on any atom is 0.310 e. The molecule has 1 aliphatic carbocycles. The highest BCUT2D eigenvalue weighted by Gasteiger charge is 2.30. The SMILES string of the molecule is Cc1c(C(O)CN2CCN(CC3CCc4c3ccc(F)c4C#N)CC2)ccc2c1COC(=O)C2. The summed E-state index contributed by atoms with van der Waals surface area (Å²) in [7, 11) is 0. The quantitative estimate of drug-likeness (QED) is 0.687. The van der Waals surface area contributed by atoms with Crippen molar-refractivity contribution in [3.63, 3.8) is 0 Å².